The van der Waals surface area contributed by atoms with Gasteiger partial charge in [0.25, 0.3) is 0 Å². The first-order valence-electron chi connectivity index (χ1n) is 9.57. The number of rotatable bonds is 10. The van der Waals surface area contributed by atoms with E-state index in [0.717, 1.165) is 0 Å². The van der Waals surface area contributed by atoms with Crippen molar-refractivity contribution in [2.45, 2.75) is 80.5 Å². The van der Waals surface area contributed by atoms with Crippen LogP contribution in [0, 0.1) is 0 Å². The van der Waals surface area contributed by atoms with Gasteiger partial charge in [0.2, 0.25) is 0 Å². The summed E-state index contributed by atoms with van der Waals surface area (Å²) < 4.78 is 227. The van der Waals surface area contributed by atoms with Gasteiger partial charge in [-0.05, 0) is 0 Å². The quantitative estimate of drug-likeness (QED) is 0.236. The zero-order chi connectivity index (χ0) is 29.8. The van der Waals surface area contributed by atoms with Gasteiger partial charge in [0.05, 0.1) is 0 Å². The van der Waals surface area contributed by atoms with E-state index in [1.54, 1.807) is 13.8 Å². The van der Waals surface area contributed by atoms with Crippen molar-refractivity contribution in [3.63, 3.8) is 0 Å². The third-order valence-corrected chi connectivity index (χ3v) is 5.00. The third-order valence-electron chi connectivity index (χ3n) is 5.00. The Hall–Kier alpha value is -1.41. The molecule has 1 aromatic carbocycles. The number of alkyl halides is 17. The Bertz CT molecular complexity index is 938. The van der Waals surface area contributed by atoms with Crippen molar-refractivity contribution in [3.8, 4) is 0 Å². The average Bonchev–Trinajstić information content (AvgIpc) is 2.71. The molecule has 1 unspecified atom stereocenters. The van der Waals surface area contributed by atoms with E-state index in [2.05, 4.69) is 5.32 Å². The van der Waals surface area contributed by atoms with Gasteiger partial charge in [-0.1, -0.05) is 50.6 Å². The van der Waals surface area contributed by atoms with Crippen LogP contribution in [0.15, 0.2) is 24.3 Å². The fourth-order valence-electron chi connectivity index (χ4n) is 2.85. The number of hydrogen-bond donors (Lipinski definition) is 0. The molecule has 0 aliphatic heterocycles. The van der Waals surface area contributed by atoms with Gasteiger partial charge in [-0.15, -0.1) is 12.1 Å². The van der Waals surface area contributed by atoms with Crippen molar-refractivity contribution >= 4 is 0 Å². The molecule has 0 bridgehead atoms. The molecule has 1 nitrogen and oxygen atoms in total. The van der Waals surface area contributed by atoms with Gasteiger partial charge in [-0.25, -0.2) is 0 Å². The van der Waals surface area contributed by atoms with E-state index in [9.17, 15) is 74.6 Å². The van der Waals surface area contributed by atoms with Crippen LogP contribution in [0.2, 0.25) is 0 Å². The number of halogens is 17. The number of benzene rings is 1. The third kappa shape index (κ3) is 5.33. The molecular formula is C19H15F17LiN. The molecule has 0 N–H and O–H groups in total. The Labute approximate surface area is 215 Å². The summed E-state index contributed by atoms with van der Waals surface area (Å²) in [5.74, 6) is -56.6. The molecule has 0 aliphatic rings. The summed E-state index contributed by atoms with van der Waals surface area (Å²) >= 11 is 0. The molecule has 1 rings (SSSR count). The SMILES string of the molecule is CC(C)[N-]C(C)c1ccc(C(F)(F)C(F)(F)C(F)(F)C(F)(F)C(F)(F)C(F)(F)C(F)(F)C(F)(F)F)cc1.[Li+]. The van der Waals surface area contributed by atoms with Gasteiger partial charge in [0.1, 0.15) is 0 Å². The Morgan fingerprint density at radius 2 is 0.816 bits per heavy atom. The normalized spacial score (nSPS) is 15.9. The molecule has 0 fully saturated rings. The first-order chi connectivity index (χ1) is 16.1. The van der Waals surface area contributed by atoms with Gasteiger partial charge >= 0.3 is 66.5 Å². The molecule has 38 heavy (non-hydrogen) atoms. The summed E-state index contributed by atoms with van der Waals surface area (Å²) in [6.45, 7) is 4.48. The zero-order valence-electron chi connectivity index (χ0n) is 19.3. The molecule has 0 amide bonds. The minimum absolute atomic E-state index is 0. The summed E-state index contributed by atoms with van der Waals surface area (Å²) in [5, 5.41) is 4.00. The molecule has 0 aromatic heterocycles. The van der Waals surface area contributed by atoms with E-state index in [1.165, 1.54) is 6.92 Å². The van der Waals surface area contributed by atoms with Crippen molar-refractivity contribution in [2.75, 3.05) is 0 Å². The summed E-state index contributed by atoms with van der Waals surface area (Å²) in [5.41, 5.74) is -2.27. The molecular weight excluding hydrogens is 572 g/mol. The van der Waals surface area contributed by atoms with Gasteiger partial charge in [0, 0.05) is 5.56 Å². The molecule has 1 aromatic rings. The van der Waals surface area contributed by atoms with Crippen LogP contribution in [0.5, 0.6) is 0 Å². The average molecular weight is 587 g/mol. The molecule has 0 aliphatic carbocycles. The van der Waals surface area contributed by atoms with Crippen LogP contribution in [-0.2, 0) is 5.92 Å². The van der Waals surface area contributed by atoms with Gasteiger partial charge in [-0.3, -0.25) is 0 Å². The molecule has 0 radical (unpaired) electrons. The molecule has 216 valence electrons. The largest absolute Gasteiger partial charge is 1.00 e. The molecule has 0 spiro atoms. The second kappa shape index (κ2) is 10.5. The van der Waals surface area contributed by atoms with Crippen LogP contribution in [0.25, 0.3) is 5.32 Å². The molecule has 0 heterocycles. The molecule has 1 atom stereocenters. The van der Waals surface area contributed by atoms with Crippen molar-refractivity contribution in [2.24, 2.45) is 0 Å². The van der Waals surface area contributed by atoms with Crippen molar-refractivity contribution < 1.29 is 93.5 Å². The Balaban J connectivity index is 0.0000137. The predicted octanol–water partition coefficient (Wildman–Crippen LogP) is 6.00. The van der Waals surface area contributed by atoms with Gasteiger partial charge in [0.15, 0.2) is 0 Å². The minimum Gasteiger partial charge on any atom is -0.654 e. The van der Waals surface area contributed by atoms with Gasteiger partial charge in [-0.2, -0.15) is 74.6 Å². The van der Waals surface area contributed by atoms with Gasteiger partial charge < -0.3 is 5.32 Å². The molecule has 0 saturated heterocycles. The maximum absolute atomic E-state index is 14.3. The Morgan fingerprint density at radius 3 is 1.13 bits per heavy atom. The van der Waals surface area contributed by atoms with E-state index >= 15 is 0 Å². The minimum atomic E-state index is -8.64. The van der Waals surface area contributed by atoms with Crippen LogP contribution >= 0.6 is 0 Å². The van der Waals surface area contributed by atoms with Crippen LogP contribution in [0.4, 0.5) is 74.6 Å². The maximum Gasteiger partial charge on any atom is 1.00 e. The van der Waals surface area contributed by atoms with E-state index in [0.29, 0.717) is 12.1 Å². The fraction of sp³-hybridized carbons (Fsp3) is 0.684. The van der Waals surface area contributed by atoms with E-state index in [1.807, 2.05) is 0 Å². The Kier molecular flexibility index (Phi) is 10.1. The van der Waals surface area contributed by atoms with E-state index in [4.69, 9.17) is 0 Å². The fourth-order valence-corrected chi connectivity index (χ4v) is 2.85. The summed E-state index contributed by atoms with van der Waals surface area (Å²) in [6.07, 6.45) is -7.78. The van der Waals surface area contributed by atoms with Crippen LogP contribution in [0.1, 0.15) is 37.9 Å². The number of nitrogens with zero attached hydrogens (tertiary/aromatic N) is 1. The standard InChI is InChI=1S/C19H15F17N.Li/c1-8(2)37-9(3)10-4-6-11(7-5-10)12(20,21)13(22,23)14(24,25)15(26,27)16(28,29)17(30,31)18(32,33)19(34,35)36;/h4-9H,1-3H3;/q-1;+1. The topological polar surface area (TPSA) is 14.1 Å². The van der Waals surface area contributed by atoms with Crippen molar-refractivity contribution in [1.29, 1.82) is 0 Å². The predicted molar refractivity (Wildman–Crippen MR) is 93.0 cm³/mol. The first-order valence-corrected chi connectivity index (χ1v) is 9.57. The van der Waals surface area contributed by atoms with Crippen LogP contribution in [0.3, 0.4) is 0 Å². The zero-order valence-corrected chi connectivity index (χ0v) is 19.3. The van der Waals surface area contributed by atoms with E-state index < -0.39 is 59.2 Å². The summed E-state index contributed by atoms with van der Waals surface area (Å²) in [7, 11) is 0. The summed E-state index contributed by atoms with van der Waals surface area (Å²) in [4.78, 5) is 0. The molecule has 19 heteroatoms. The molecule has 0 saturated carbocycles. The maximum atomic E-state index is 14.3. The van der Waals surface area contributed by atoms with Crippen molar-refractivity contribution in [3.05, 3.63) is 40.7 Å². The van der Waals surface area contributed by atoms with Crippen molar-refractivity contribution in [1.82, 2.24) is 0 Å². The summed E-state index contributed by atoms with van der Waals surface area (Å²) in [6, 6.07) is -0.128. The van der Waals surface area contributed by atoms with Crippen LogP contribution in [-0.4, -0.2) is 47.8 Å². The number of hydrogen-bond acceptors (Lipinski definition) is 0. The van der Waals surface area contributed by atoms with Crippen LogP contribution < -0.4 is 18.9 Å². The smallest absolute Gasteiger partial charge is 0.654 e. The monoisotopic (exact) mass is 587 g/mol. The first kappa shape index (κ1) is 36.6. The van der Waals surface area contributed by atoms with E-state index in [-0.39, 0.29) is 42.6 Å². The second-order valence-electron chi connectivity index (χ2n) is 8.06. The second-order valence-corrected chi connectivity index (χ2v) is 8.06. The Morgan fingerprint density at radius 1 is 0.500 bits per heavy atom.